The molecule has 0 saturated heterocycles. The third-order valence-corrected chi connectivity index (χ3v) is 6.60. The fourth-order valence-corrected chi connectivity index (χ4v) is 4.59. The molecule has 2 N–H and O–H groups in total. The molecule has 0 radical (unpaired) electrons. The number of ether oxygens (including phenoxy) is 1. The van der Waals surface area contributed by atoms with Crippen LogP contribution in [0, 0.1) is 13.8 Å². The topological polar surface area (TPSA) is 87.7 Å². The number of benzene rings is 1. The number of alkyl carbamates (subject to hydrolysis) is 1. The highest BCUT2D eigenvalue weighted by Gasteiger charge is 2.37. The van der Waals surface area contributed by atoms with E-state index >= 15 is 0 Å². The summed E-state index contributed by atoms with van der Waals surface area (Å²) in [6.45, 7) is 13.1. The van der Waals surface area contributed by atoms with Gasteiger partial charge in [0.15, 0.2) is 0 Å². The molecule has 8 heteroatoms. The molecule has 1 fully saturated rings. The zero-order valence-electron chi connectivity index (χ0n) is 21.7. The predicted octanol–water partition coefficient (Wildman–Crippen LogP) is 4.63. The first kappa shape index (κ1) is 28.8. The van der Waals surface area contributed by atoms with Gasteiger partial charge in [0, 0.05) is 18.3 Å². The van der Waals surface area contributed by atoms with E-state index in [1.165, 1.54) is 11.3 Å². The minimum Gasteiger partial charge on any atom is -0.444 e. The lowest BCUT2D eigenvalue weighted by Crippen LogP contribution is -2.54. The molecule has 2 rings (SSSR count). The van der Waals surface area contributed by atoms with Crippen LogP contribution in [0.1, 0.15) is 75.6 Å². The van der Waals surface area contributed by atoms with E-state index in [-0.39, 0.29) is 24.2 Å². The van der Waals surface area contributed by atoms with Crippen LogP contribution in [0.5, 0.6) is 0 Å². The molecule has 2 unspecified atom stereocenters. The van der Waals surface area contributed by atoms with Crippen molar-refractivity contribution >= 4 is 30.5 Å². The Morgan fingerprint density at radius 3 is 2.43 bits per heavy atom. The van der Waals surface area contributed by atoms with Gasteiger partial charge in [-0.3, -0.25) is 9.59 Å². The number of amides is 3. The van der Waals surface area contributed by atoms with Gasteiger partial charge < -0.3 is 20.3 Å². The number of hydrogen-bond acceptors (Lipinski definition) is 5. The lowest BCUT2D eigenvalue weighted by molar-refractivity contribution is -0.141. The molecule has 2 atom stereocenters. The van der Waals surface area contributed by atoms with Crippen molar-refractivity contribution in [3.05, 3.63) is 47.5 Å². The number of aryl methyl sites for hydroxylation is 1. The summed E-state index contributed by atoms with van der Waals surface area (Å²) in [4.78, 5) is 41.4. The second kappa shape index (κ2) is 13.0. The van der Waals surface area contributed by atoms with Gasteiger partial charge in [-0.15, -0.1) is 6.58 Å². The quantitative estimate of drug-likeness (QED) is 0.339. The van der Waals surface area contributed by atoms with Crippen LogP contribution in [0.25, 0.3) is 0 Å². The SMILES string of the molecule is C=CCN(C(=O)C(CS)NC(=O)OC(C)(C)C)C(C(=O)NC1CCCCC1)c1cccc(C)c1C. The normalized spacial score (nSPS) is 16.1. The van der Waals surface area contributed by atoms with Gasteiger partial charge in [-0.05, 0) is 64.2 Å². The fraction of sp³-hybridized carbons (Fsp3) is 0.593. The van der Waals surface area contributed by atoms with Gasteiger partial charge in [-0.2, -0.15) is 12.6 Å². The average molecular weight is 504 g/mol. The molecule has 1 aromatic rings. The van der Waals surface area contributed by atoms with Gasteiger partial charge >= 0.3 is 6.09 Å². The number of carbonyl (C=O) groups excluding carboxylic acids is 3. The zero-order chi connectivity index (χ0) is 26.2. The average Bonchev–Trinajstić information content (AvgIpc) is 2.79. The molecule has 0 aromatic heterocycles. The highest BCUT2D eigenvalue weighted by molar-refractivity contribution is 7.80. The Labute approximate surface area is 215 Å². The molecular weight excluding hydrogens is 462 g/mol. The van der Waals surface area contributed by atoms with Crippen molar-refractivity contribution in [1.82, 2.24) is 15.5 Å². The van der Waals surface area contributed by atoms with Crippen LogP contribution in [0.2, 0.25) is 0 Å². The number of nitrogens with zero attached hydrogens (tertiary/aromatic N) is 1. The van der Waals surface area contributed by atoms with Gasteiger partial charge in [-0.1, -0.05) is 43.5 Å². The van der Waals surface area contributed by atoms with Crippen LogP contribution >= 0.6 is 12.6 Å². The first-order valence-corrected chi connectivity index (χ1v) is 13.0. The lowest BCUT2D eigenvalue weighted by Gasteiger charge is -2.35. The van der Waals surface area contributed by atoms with E-state index in [9.17, 15) is 14.4 Å². The maximum Gasteiger partial charge on any atom is 0.408 e. The summed E-state index contributed by atoms with van der Waals surface area (Å²) < 4.78 is 5.33. The van der Waals surface area contributed by atoms with E-state index in [0.29, 0.717) is 0 Å². The summed E-state index contributed by atoms with van der Waals surface area (Å²) >= 11 is 4.31. The third-order valence-electron chi connectivity index (χ3n) is 6.23. The van der Waals surface area contributed by atoms with Crippen molar-refractivity contribution in [2.24, 2.45) is 0 Å². The van der Waals surface area contributed by atoms with Crippen molar-refractivity contribution in [3.8, 4) is 0 Å². The maximum atomic E-state index is 13.8. The molecule has 1 saturated carbocycles. The predicted molar refractivity (Wildman–Crippen MR) is 143 cm³/mol. The first-order valence-electron chi connectivity index (χ1n) is 12.4. The Morgan fingerprint density at radius 2 is 1.86 bits per heavy atom. The van der Waals surface area contributed by atoms with Gasteiger partial charge in [0.25, 0.3) is 0 Å². The van der Waals surface area contributed by atoms with Crippen molar-refractivity contribution in [2.75, 3.05) is 12.3 Å². The van der Waals surface area contributed by atoms with E-state index in [0.717, 1.165) is 42.4 Å². The lowest BCUT2D eigenvalue weighted by atomic mass is 9.92. The standard InChI is InChI=1S/C27H41N3O4S/c1-7-16-30(25(32)22(17-35)29-26(33)34-27(4,5)6)23(21-15-11-12-18(2)19(21)3)24(31)28-20-13-9-8-10-14-20/h7,11-12,15,20,22-23,35H,1,8-10,13-14,16-17H2,2-6H3,(H,28,31)(H,29,33). The molecule has 0 spiro atoms. The number of thiol groups is 1. The Morgan fingerprint density at radius 1 is 1.20 bits per heavy atom. The largest absolute Gasteiger partial charge is 0.444 e. The molecule has 7 nitrogen and oxygen atoms in total. The highest BCUT2D eigenvalue weighted by Crippen LogP contribution is 2.28. The minimum atomic E-state index is -0.969. The molecule has 194 valence electrons. The number of hydrogen-bond donors (Lipinski definition) is 3. The highest BCUT2D eigenvalue weighted by atomic mass is 32.1. The molecule has 0 bridgehead atoms. The van der Waals surface area contributed by atoms with Crippen molar-refractivity contribution < 1.29 is 19.1 Å². The molecule has 0 aliphatic heterocycles. The van der Waals surface area contributed by atoms with Crippen LogP contribution in [0.4, 0.5) is 4.79 Å². The second-order valence-electron chi connectivity index (χ2n) is 10.2. The molecule has 1 aromatic carbocycles. The molecule has 35 heavy (non-hydrogen) atoms. The van der Waals surface area contributed by atoms with Gasteiger partial charge in [0.1, 0.15) is 17.7 Å². The number of nitrogens with one attached hydrogen (secondary N) is 2. The summed E-state index contributed by atoms with van der Waals surface area (Å²) in [5.74, 6) is -0.596. The summed E-state index contributed by atoms with van der Waals surface area (Å²) in [5.41, 5.74) is 2.02. The molecule has 1 aliphatic rings. The summed E-state index contributed by atoms with van der Waals surface area (Å²) in [6, 6.07) is 4.01. The fourth-order valence-electron chi connectivity index (χ4n) is 4.34. The van der Waals surface area contributed by atoms with Gasteiger partial charge in [0.2, 0.25) is 11.8 Å². The van der Waals surface area contributed by atoms with E-state index in [1.54, 1.807) is 26.8 Å². The second-order valence-corrected chi connectivity index (χ2v) is 10.6. The molecule has 1 aliphatic carbocycles. The van der Waals surface area contributed by atoms with Crippen LogP contribution in [-0.2, 0) is 14.3 Å². The van der Waals surface area contributed by atoms with Crippen LogP contribution < -0.4 is 10.6 Å². The smallest absolute Gasteiger partial charge is 0.408 e. The van der Waals surface area contributed by atoms with Crippen LogP contribution in [0.3, 0.4) is 0 Å². The Bertz CT molecular complexity index is 906. The summed E-state index contributed by atoms with van der Waals surface area (Å²) in [7, 11) is 0. The van der Waals surface area contributed by atoms with E-state index in [2.05, 4.69) is 29.8 Å². The Balaban J connectivity index is 2.42. The zero-order valence-corrected chi connectivity index (χ0v) is 22.6. The van der Waals surface area contributed by atoms with E-state index < -0.39 is 29.7 Å². The monoisotopic (exact) mass is 503 g/mol. The molecular formula is C27H41N3O4S. The van der Waals surface area contributed by atoms with Crippen LogP contribution in [-0.4, -0.2) is 52.8 Å². The minimum absolute atomic E-state index is 0.0511. The Hall–Kier alpha value is -2.48. The van der Waals surface area contributed by atoms with E-state index in [4.69, 9.17) is 4.74 Å². The first-order chi connectivity index (χ1) is 16.5. The summed E-state index contributed by atoms with van der Waals surface area (Å²) in [5, 5.41) is 5.81. The van der Waals surface area contributed by atoms with Crippen molar-refractivity contribution in [2.45, 2.75) is 90.4 Å². The number of rotatable bonds is 9. The van der Waals surface area contributed by atoms with Crippen LogP contribution in [0.15, 0.2) is 30.9 Å². The van der Waals surface area contributed by atoms with Gasteiger partial charge in [-0.25, -0.2) is 4.79 Å². The number of carbonyl (C=O) groups is 3. The third kappa shape index (κ3) is 8.30. The maximum absolute atomic E-state index is 13.8. The Kier molecular flexibility index (Phi) is 10.7. The molecule has 0 heterocycles. The van der Waals surface area contributed by atoms with Crippen molar-refractivity contribution in [1.29, 1.82) is 0 Å². The van der Waals surface area contributed by atoms with Crippen molar-refractivity contribution in [3.63, 3.8) is 0 Å². The summed E-state index contributed by atoms with van der Waals surface area (Å²) in [6.07, 6.45) is 6.07. The van der Waals surface area contributed by atoms with E-state index in [1.807, 2.05) is 32.0 Å². The van der Waals surface area contributed by atoms with Gasteiger partial charge in [0.05, 0.1) is 0 Å². The molecule has 3 amide bonds.